The molecule has 156 valence electrons. The van der Waals surface area contributed by atoms with Gasteiger partial charge in [0.15, 0.2) is 6.29 Å². The summed E-state index contributed by atoms with van der Waals surface area (Å²) in [6.07, 6.45) is 22.2. The van der Waals surface area contributed by atoms with E-state index in [9.17, 15) is 0 Å². The molecule has 0 atom stereocenters. The Morgan fingerprint density at radius 1 is 0.654 bits per heavy atom. The predicted molar refractivity (Wildman–Crippen MR) is 113 cm³/mol. The first-order valence-corrected chi connectivity index (χ1v) is 11.3. The Kier molecular flexibility index (Phi) is 22.3. The van der Waals surface area contributed by atoms with E-state index in [4.69, 9.17) is 14.6 Å². The molecule has 0 aromatic rings. The molecule has 26 heavy (non-hydrogen) atoms. The van der Waals surface area contributed by atoms with E-state index < -0.39 is 0 Å². The van der Waals surface area contributed by atoms with Crippen LogP contribution >= 0.6 is 0 Å². The SMILES string of the molecule is CCCCCCOC(CCCCCC/C=C/CCO)OCCCCCC. The second-order valence-corrected chi connectivity index (χ2v) is 7.27. The monoisotopic (exact) mass is 370 g/mol. The van der Waals surface area contributed by atoms with E-state index in [2.05, 4.69) is 26.0 Å². The van der Waals surface area contributed by atoms with Crippen LogP contribution in [0.3, 0.4) is 0 Å². The molecule has 0 rings (SSSR count). The molecule has 0 aliphatic carbocycles. The number of allylic oxidation sites excluding steroid dienone is 1. The van der Waals surface area contributed by atoms with Crippen LogP contribution in [-0.2, 0) is 9.47 Å². The largest absolute Gasteiger partial charge is 0.396 e. The van der Waals surface area contributed by atoms with Crippen molar-refractivity contribution < 1.29 is 14.6 Å². The van der Waals surface area contributed by atoms with Crippen molar-refractivity contribution in [1.29, 1.82) is 0 Å². The first kappa shape index (κ1) is 25.6. The normalized spacial score (nSPS) is 11.8. The van der Waals surface area contributed by atoms with Crippen molar-refractivity contribution in [3.05, 3.63) is 12.2 Å². The summed E-state index contributed by atoms with van der Waals surface area (Å²) in [6.45, 7) is 6.43. The van der Waals surface area contributed by atoms with Crippen LogP contribution in [0.5, 0.6) is 0 Å². The fourth-order valence-electron chi connectivity index (χ4n) is 2.94. The molecule has 0 fully saturated rings. The number of ether oxygens (including phenoxy) is 2. The zero-order valence-electron chi connectivity index (χ0n) is 17.7. The molecule has 0 aliphatic heterocycles. The lowest BCUT2D eigenvalue weighted by atomic mass is 10.1. The van der Waals surface area contributed by atoms with Gasteiger partial charge in [-0.15, -0.1) is 0 Å². The molecule has 0 unspecified atom stereocenters. The molecule has 0 aliphatic rings. The first-order chi connectivity index (χ1) is 12.8. The van der Waals surface area contributed by atoms with E-state index in [1.54, 1.807) is 0 Å². The van der Waals surface area contributed by atoms with Crippen LogP contribution in [0.25, 0.3) is 0 Å². The number of hydrogen-bond donors (Lipinski definition) is 1. The molecular formula is C23H46O3. The molecule has 0 heterocycles. The van der Waals surface area contributed by atoms with Gasteiger partial charge >= 0.3 is 0 Å². The van der Waals surface area contributed by atoms with E-state index in [1.807, 2.05) is 0 Å². The van der Waals surface area contributed by atoms with Crippen LogP contribution in [0.2, 0.25) is 0 Å². The average molecular weight is 371 g/mol. The van der Waals surface area contributed by atoms with Crippen molar-refractivity contribution in [3.63, 3.8) is 0 Å². The lowest BCUT2D eigenvalue weighted by Crippen LogP contribution is -2.19. The summed E-state index contributed by atoms with van der Waals surface area (Å²) in [5.74, 6) is 0. The van der Waals surface area contributed by atoms with Gasteiger partial charge < -0.3 is 14.6 Å². The van der Waals surface area contributed by atoms with Gasteiger partial charge in [0.25, 0.3) is 0 Å². The Bertz CT molecular complexity index is 265. The number of unbranched alkanes of at least 4 members (excludes halogenated alkanes) is 10. The Morgan fingerprint density at radius 2 is 1.19 bits per heavy atom. The van der Waals surface area contributed by atoms with Gasteiger partial charge in [0.1, 0.15) is 0 Å². The lowest BCUT2D eigenvalue weighted by Gasteiger charge is -2.19. The van der Waals surface area contributed by atoms with Crippen LogP contribution in [0.15, 0.2) is 12.2 Å². The molecule has 3 heteroatoms. The van der Waals surface area contributed by atoms with Gasteiger partial charge in [-0.05, 0) is 44.9 Å². The zero-order chi connectivity index (χ0) is 19.1. The van der Waals surface area contributed by atoms with Crippen molar-refractivity contribution >= 4 is 0 Å². The van der Waals surface area contributed by atoms with Crippen LogP contribution in [0.4, 0.5) is 0 Å². The minimum absolute atomic E-state index is 0.00250. The van der Waals surface area contributed by atoms with Gasteiger partial charge in [-0.25, -0.2) is 0 Å². The zero-order valence-corrected chi connectivity index (χ0v) is 17.7. The third-order valence-corrected chi connectivity index (χ3v) is 4.63. The first-order valence-electron chi connectivity index (χ1n) is 11.3. The van der Waals surface area contributed by atoms with Crippen molar-refractivity contribution in [2.24, 2.45) is 0 Å². The third-order valence-electron chi connectivity index (χ3n) is 4.63. The van der Waals surface area contributed by atoms with Crippen LogP contribution in [-0.4, -0.2) is 31.2 Å². The number of rotatable bonds is 21. The molecule has 0 spiro atoms. The second-order valence-electron chi connectivity index (χ2n) is 7.27. The van der Waals surface area contributed by atoms with E-state index in [0.29, 0.717) is 0 Å². The van der Waals surface area contributed by atoms with Crippen molar-refractivity contribution in [2.45, 2.75) is 116 Å². The summed E-state index contributed by atoms with van der Waals surface area (Å²) in [5, 5.41) is 8.72. The van der Waals surface area contributed by atoms with E-state index in [-0.39, 0.29) is 12.9 Å². The van der Waals surface area contributed by atoms with E-state index in [1.165, 1.54) is 64.2 Å². The maximum Gasteiger partial charge on any atom is 0.157 e. The fraction of sp³-hybridized carbons (Fsp3) is 0.913. The van der Waals surface area contributed by atoms with Crippen LogP contribution in [0, 0.1) is 0 Å². The molecule has 0 aromatic heterocycles. The third kappa shape index (κ3) is 19.9. The van der Waals surface area contributed by atoms with Crippen molar-refractivity contribution in [2.75, 3.05) is 19.8 Å². The molecule has 0 saturated carbocycles. The van der Waals surface area contributed by atoms with Gasteiger partial charge in [-0.3, -0.25) is 0 Å². The lowest BCUT2D eigenvalue weighted by molar-refractivity contribution is -0.148. The highest BCUT2D eigenvalue weighted by Gasteiger charge is 2.09. The maximum absolute atomic E-state index is 8.72. The standard InChI is InChI=1S/C23H46O3/c1-3-5-7-17-21-25-23(26-22-18-8-6-4-2)19-15-13-11-9-10-12-14-16-20-24/h12,14,23-24H,3-11,13,15-22H2,1-2H3/b14-12+. The smallest absolute Gasteiger partial charge is 0.157 e. The molecular weight excluding hydrogens is 324 g/mol. The summed E-state index contributed by atoms with van der Waals surface area (Å²) >= 11 is 0. The highest BCUT2D eigenvalue weighted by Crippen LogP contribution is 2.13. The maximum atomic E-state index is 8.72. The molecule has 0 radical (unpaired) electrons. The Balaban J connectivity index is 3.76. The van der Waals surface area contributed by atoms with Gasteiger partial charge in [-0.1, -0.05) is 77.4 Å². The van der Waals surface area contributed by atoms with E-state index >= 15 is 0 Å². The highest BCUT2D eigenvalue weighted by atomic mass is 16.7. The Hall–Kier alpha value is -0.380. The molecule has 0 bridgehead atoms. The number of aliphatic hydroxyl groups excluding tert-OH is 1. The second kappa shape index (κ2) is 22.7. The molecule has 3 nitrogen and oxygen atoms in total. The number of hydrogen-bond acceptors (Lipinski definition) is 3. The summed E-state index contributed by atoms with van der Waals surface area (Å²) in [6, 6.07) is 0. The predicted octanol–water partition coefficient (Wildman–Crippen LogP) is 6.79. The quantitative estimate of drug-likeness (QED) is 0.137. The minimum Gasteiger partial charge on any atom is -0.396 e. The van der Waals surface area contributed by atoms with Gasteiger partial charge in [-0.2, -0.15) is 0 Å². The topological polar surface area (TPSA) is 38.7 Å². The fourth-order valence-corrected chi connectivity index (χ4v) is 2.94. The summed E-state index contributed by atoms with van der Waals surface area (Å²) in [4.78, 5) is 0. The van der Waals surface area contributed by atoms with Crippen LogP contribution < -0.4 is 0 Å². The molecule has 0 saturated heterocycles. The van der Waals surface area contributed by atoms with Crippen LogP contribution in [0.1, 0.15) is 110 Å². The Morgan fingerprint density at radius 3 is 1.77 bits per heavy atom. The van der Waals surface area contributed by atoms with Gasteiger partial charge in [0, 0.05) is 19.8 Å². The van der Waals surface area contributed by atoms with Crippen molar-refractivity contribution in [3.8, 4) is 0 Å². The minimum atomic E-state index is 0.00250. The Labute approximate surface area is 163 Å². The van der Waals surface area contributed by atoms with Gasteiger partial charge in [0.05, 0.1) is 0 Å². The summed E-state index contributed by atoms with van der Waals surface area (Å²) < 4.78 is 12.0. The number of aliphatic hydroxyl groups is 1. The summed E-state index contributed by atoms with van der Waals surface area (Å²) in [7, 11) is 0. The van der Waals surface area contributed by atoms with Gasteiger partial charge in [0.2, 0.25) is 0 Å². The average Bonchev–Trinajstić information content (AvgIpc) is 2.65. The molecule has 0 amide bonds. The molecule has 0 aromatic carbocycles. The van der Waals surface area contributed by atoms with Crippen molar-refractivity contribution in [1.82, 2.24) is 0 Å². The highest BCUT2D eigenvalue weighted by molar-refractivity contribution is 4.80. The summed E-state index contributed by atoms with van der Waals surface area (Å²) in [5.41, 5.74) is 0. The molecule has 1 N–H and O–H groups in total. The van der Waals surface area contributed by atoms with E-state index in [0.717, 1.165) is 45.3 Å².